The van der Waals surface area contributed by atoms with Crippen molar-refractivity contribution in [2.24, 2.45) is 0 Å². The lowest BCUT2D eigenvalue weighted by Crippen LogP contribution is -2.26. The maximum atomic E-state index is 14.0. The summed E-state index contributed by atoms with van der Waals surface area (Å²) in [4.78, 5) is 23.6. The summed E-state index contributed by atoms with van der Waals surface area (Å²) >= 11 is 0. The second kappa shape index (κ2) is 9.47. The number of benzene rings is 3. The summed E-state index contributed by atoms with van der Waals surface area (Å²) < 4.78 is 24.0. The van der Waals surface area contributed by atoms with Crippen molar-refractivity contribution in [2.75, 3.05) is 20.3 Å². The first-order valence-electron chi connectivity index (χ1n) is 10.2. The SMILES string of the molecule is COC(=O)c1ccc(C=CCNC(=O)OCC2c3ccccc3-c3ccccc32)cc1F. The van der Waals surface area contributed by atoms with Crippen molar-refractivity contribution in [3.8, 4) is 11.1 Å². The largest absolute Gasteiger partial charge is 0.465 e. The van der Waals surface area contributed by atoms with Crippen LogP contribution in [0.2, 0.25) is 0 Å². The van der Waals surface area contributed by atoms with Crippen LogP contribution in [-0.4, -0.2) is 32.3 Å². The number of nitrogens with one attached hydrogen (secondary N) is 1. The lowest BCUT2D eigenvalue weighted by atomic mass is 9.98. The predicted molar refractivity (Wildman–Crippen MR) is 120 cm³/mol. The highest BCUT2D eigenvalue weighted by molar-refractivity contribution is 5.89. The molecule has 1 aliphatic rings. The smallest absolute Gasteiger partial charge is 0.407 e. The van der Waals surface area contributed by atoms with E-state index in [1.165, 1.54) is 30.4 Å². The molecule has 3 aromatic carbocycles. The normalized spacial score (nSPS) is 12.3. The van der Waals surface area contributed by atoms with Crippen LogP contribution in [0.1, 0.15) is 33.0 Å². The maximum absolute atomic E-state index is 14.0. The highest BCUT2D eigenvalue weighted by Gasteiger charge is 2.28. The Morgan fingerprint density at radius 1 is 1.00 bits per heavy atom. The second-order valence-corrected chi connectivity index (χ2v) is 7.34. The van der Waals surface area contributed by atoms with Gasteiger partial charge < -0.3 is 14.8 Å². The summed E-state index contributed by atoms with van der Waals surface area (Å²) in [5, 5.41) is 2.66. The Morgan fingerprint density at radius 3 is 2.28 bits per heavy atom. The molecule has 0 atom stereocenters. The number of esters is 1. The Bertz CT molecular complexity index is 1140. The van der Waals surface area contributed by atoms with Crippen molar-refractivity contribution in [3.63, 3.8) is 0 Å². The monoisotopic (exact) mass is 431 g/mol. The van der Waals surface area contributed by atoms with E-state index >= 15 is 0 Å². The number of methoxy groups -OCH3 is 1. The fraction of sp³-hybridized carbons (Fsp3) is 0.154. The average molecular weight is 431 g/mol. The zero-order chi connectivity index (χ0) is 22.5. The number of fused-ring (bicyclic) bond motifs is 3. The molecule has 0 aromatic heterocycles. The zero-order valence-electron chi connectivity index (χ0n) is 17.5. The molecule has 0 saturated carbocycles. The van der Waals surface area contributed by atoms with E-state index in [4.69, 9.17) is 4.74 Å². The van der Waals surface area contributed by atoms with Crippen LogP contribution in [0, 0.1) is 5.82 Å². The Labute approximate surface area is 185 Å². The van der Waals surface area contributed by atoms with Gasteiger partial charge in [0.15, 0.2) is 0 Å². The summed E-state index contributed by atoms with van der Waals surface area (Å²) in [6.07, 6.45) is 2.80. The molecule has 162 valence electrons. The van der Waals surface area contributed by atoms with E-state index in [1.54, 1.807) is 18.2 Å². The molecule has 6 heteroatoms. The first-order chi connectivity index (χ1) is 15.6. The summed E-state index contributed by atoms with van der Waals surface area (Å²) in [6.45, 7) is 0.459. The molecule has 3 aromatic rings. The minimum absolute atomic E-state index is 0.00000684. The second-order valence-electron chi connectivity index (χ2n) is 7.34. The number of carbonyl (C=O) groups is 2. The van der Waals surface area contributed by atoms with Gasteiger partial charge in [0.1, 0.15) is 12.4 Å². The number of hydrogen-bond acceptors (Lipinski definition) is 4. The third-order valence-corrected chi connectivity index (χ3v) is 5.42. The van der Waals surface area contributed by atoms with Crippen molar-refractivity contribution in [2.45, 2.75) is 5.92 Å². The number of ether oxygens (including phenoxy) is 2. The van der Waals surface area contributed by atoms with Crippen LogP contribution < -0.4 is 5.32 Å². The summed E-state index contributed by atoms with van der Waals surface area (Å²) in [7, 11) is 1.20. The maximum Gasteiger partial charge on any atom is 0.407 e. The Kier molecular flexibility index (Phi) is 6.31. The van der Waals surface area contributed by atoms with E-state index in [-0.39, 0.29) is 24.6 Å². The van der Waals surface area contributed by atoms with Gasteiger partial charge in [-0.1, -0.05) is 66.7 Å². The lowest BCUT2D eigenvalue weighted by Gasteiger charge is -2.14. The molecule has 0 unspecified atom stereocenters. The molecule has 1 amide bonds. The van der Waals surface area contributed by atoms with E-state index in [1.807, 2.05) is 24.3 Å². The van der Waals surface area contributed by atoms with Gasteiger partial charge in [0.2, 0.25) is 0 Å². The van der Waals surface area contributed by atoms with Gasteiger partial charge in [-0.05, 0) is 39.9 Å². The third kappa shape index (κ3) is 4.39. The van der Waals surface area contributed by atoms with Crippen molar-refractivity contribution >= 4 is 18.1 Å². The van der Waals surface area contributed by atoms with Gasteiger partial charge in [-0.3, -0.25) is 0 Å². The van der Waals surface area contributed by atoms with E-state index in [0.717, 1.165) is 11.1 Å². The van der Waals surface area contributed by atoms with Crippen LogP contribution in [-0.2, 0) is 9.47 Å². The molecule has 0 fully saturated rings. The summed E-state index contributed by atoms with van der Waals surface area (Å²) in [6, 6.07) is 20.5. The third-order valence-electron chi connectivity index (χ3n) is 5.42. The lowest BCUT2D eigenvalue weighted by molar-refractivity contribution is 0.0595. The van der Waals surface area contributed by atoms with Gasteiger partial charge in [0.05, 0.1) is 12.7 Å². The van der Waals surface area contributed by atoms with E-state index in [0.29, 0.717) is 5.56 Å². The molecule has 0 aliphatic heterocycles. The molecule has 1 N–H and O–H groups in total. The predicted octanol–water partition coefficient (Wildman–Crippen LogP) is 5.16. The van der Waals surface area contributed by atoms with Gasteiger partial charge in [0.25, 0.3) is 0 Å². The minimum Gasteiger partial charge on any atom is -0.465 e. The first-order valence-corrected chi connectivity index (χ1v) is 10.2. The highest BCUT2D eigenvalue weighted by Crippen LogP contribution is 2.44. The molecule has 0 heterocycles. The van der Waals surface area contributed by atoms with Crippen molar-refractivity contribution < 1.29 is 23.5 Å². The summed E-state index contributed by atoms with van der Waals surface area (Å²) in [5.41, 5.74) is 5.08. The van der Waals surface area contributed by atoms with E-state index in [9.17, 15) is 14.0 Å². The molecule has 0 bridgehead atoms. The zero-order valence-corrected chi connectivity index (χ0v) is 17.5. The Hall–Kier alpha value is -3.93. The first kappa shape index (κ1) is 21.3. The quantitative estimate of drug-likeness (QED) is 0.548. The average Bonchev–Trinajstić information content (AvgIpc) is 3.14. The van der Waals surface area contributed by atoms with E-state index < -0.39 is 17.9 Å². The van der Waals surface area contributed by atoms with Crippen LogP contribution in [0.3, 0.4) is 0 Å². The van der Waals surface area contributed by atoms with Gasteiger partial charge in [-0.2, -0.15) is 0 Å². The van der Waals surface area contributed by atoms with Crippen LogP contribution in [0.4, 0.5) is 9.18 Å². The number of alkyl carbamates (subject to hydrolysis) is 1. The standard InChI is InChI=1S/C26H22FNO4/c1-31-25(29)22-13-12-17(15-24(22)27)7-6-14-28-26(30)32-16-23-20-10-4-2-8-18(20)19-9-3-5-11-21(19)23/h2-13,15,23H,14,16H2,1H3,(H,28,30). The fourth-order valence-electron chi connectivity index (χ4n) is 3.90. The molecular formula is C26H22FNO4. The summed E-state index contributed by atoms with van der Waals surface area (Å²) in [5.74, 6) is -1.39. The molecule has 32 heavy (non-hydrogen) atoms. The number of hydrogen-bond donors (Lipinski definition) is 1. The van der Waals surface area contributed by atoms with Crippen molar-refractivity contribution in [3.05, 3.63) is 101 Å². The molecule has 5 nitrogen and oxygen atoms in total. The minimum atomic E-state index is -0.727. The molecule has 4 rings (SSSR count). The fourth-order valence-corrected chi connectivity index (χ4v) is 3.90. The number of rotatable bonds is 6. The van der Waals surface area contributed by atoms with Gasteiger partial charge >= 0.3 is 12.1 Å². The van der Waals surface area contributed by atoms with Crippen molar-refractivity contribution in [1.82, 2.24) is 5.32 Å². The Morgan fingerprint density at radius 2 is 1.66 bits per heavy atom. The van der Waals surface area contributed by atoms with Crippen LogP contribution in [0.15, 0.2) is 72.8 Å². The van der Waals surface area contributed by atoms with E-state index in [2.05, 4.69) is 34.3 Å². The molecular weight excluding hydrogens is 409 g/mol. The number of carbonyl (C=O) groups excluding carboxylic acids is 2. The van der Waals surface area contributed by atoms with Crippen molar-refractivity contribution in [1.29, 1.82) is 0 Å². The highest BCUT2D eigenvalue weighted by atomic mass is 19.1. The molecule has 0 radical (unpaired) electrons. The molecule has 1 aliphatic carbocycles. The van der Waals surface area contributed by atoms with Gasteiger partial charge in [-0.25, -0.2) is 14.0 Å². The topological polar surface area (TPSA) is 64.6 Å². The van der Waals surface area contributed by atoms with Crippen LogP contribution in [0.5, 0.6) is 0 Å². The van der Waals surface area contributed by atoms with Crippen LogP contribution >= 0.6 is 0 Å². The van der Waals surface area contributed by atoms with Crippen LogP contribution in [0.25, 0.3) is 17.2 Å². The van der Waals surface area contributed by atoms with Gasteiger partial charge in [0, 0.05) is 12.5 Å². The van der Waals surface area contributed by atoms with Gasteiger partial charge in [-0.15, -0.1) is 0 Å². The number of halogens is 1. The molecule has 0 saturated heterocycles. The molecule has 0 spiro atoms. The number of amides is 1. The Balaban J connectivity index is 1.31.